The fraction of sp³-hybridized carbons (Fsp3) is 1.00. The third-order valence-electron chi connectivity index (χ3n) is 4.19. The molecule has 0 spiro atoms. The van der Waals surface area contributed by atoms with E-state index in [-0.39, 0.29) is 0 Å². The van der Waals surface area contributed by atoms with Crippen LogP contribution in [0.3, 0.4) is 0 Å². The molecule has 2 aliphatic carbocycles. The summed E-state index contributed by atoms with van der Waals surface area (Å²) in [7, 11) is 4.43. The van der Waals surface area contributed by atoms with Crippen LogP contribution in [-0.2, 0) is 0 Å². The summed E-state index contributed by atoms with van der Waals surface area (Å²) in [5, 5.41) is 3.85. The van der Waals surface area contributed by atoms with Gasteiger partial charge in [0.15, 0.2) is 0 Å². The summed E-state index contributed by atoms with van der Waals surface area (Å²) in [6, 6.07) is 2.36. The Kier molecular flexibility index (Phi) is 3.13. The molecule has 2 rings (SSSR count). The monoisotopic (exact) mass is 196 g/mol. The lowest BCUT2D eigenvalue weighted by atomic mass is 9.80. The lowest BCUT2D eigenvalue weighted by molar-refractivity contribution is 0.172. The van der Waals surface area contributed by atoms with Gasteiger partial charge in [-0.05, 0) is 45.7 Å². The van der Waals surface area contributed by atoms with Gasteiger partial charge < -0.3 is 10.2 Å². The second-order valence-corrected chi connectivity index (χ2v) is 5.40. The molecule has 2 fully saturated rings. The first kappa shape index (κ1) is 10.4. The van der Waals surface area contributed by atoms with Crippen molar-refractivity contribution in [2.75, 3.05) is 14.1 Å². The number of likely N-dealkylation sites (N-methyl/N-ethyl adjacent to an activating group) is 1. The van der Waals surface area contributed by atoms with Crippen LogP contribution < -0.4 is 5.32 Å². The second-order valence-electron chi connectivity index (χ2n) is 5.40. The van der Waals surface area contributed by atoms with Crippen LogP contribution >= 0.6 is 0 Å². The van der Waals surface area contributed by atoms with Crippen LogP contribution in [0.15, 0.2) is 0 Å². The van der Waals surface area contributed by atoms with E-state index in [1.807, 2.05) is 0 Å². The number of nitrogens with one attached hydrogen (secondary N) is 1. The highest BCUT2D eigenvalue weighted by molar-refractivity contribution is 4.94. The Labute approximate surface area is 88.1 Å². The Bertz CT molecular complexity index is 191. The van der Waals surface area contributed by atoms with E-state index >= 15 is 0 Å². The van der Waals surface area contributed by atoms with Gasteiger partial charge >= 0.3 is 0 Å². The van der Waals surface area contributed by atoms with Crippen LogP contribution in [0.4, 0.5) is 0 Å². The zero-order valence-electron chi connectivity index (χ0n) is 9.79. The Morgan fingerprint density at radius 2 is 1.79 bits per heavy atom. The highest BCUT2D eigenvalue weighted by atomic mass is 15.2. The van der Waals surface area contributed by atoms with Crippen LogP contribution in [0.5, 0.6) is 0 Å². The topological polar surface area (TPSA) is 15.3 Å². The van der Waals surface area contributed by atoms with Gasteiger partial charge in [0.25, 0.3) is 0 Å². The van der Waals surface area contributed by atoms with Gasteiger partial charge in [-0.1, -0.05) is 13.3 Å². The van der Waals surface area contributed by atoms with Gasteiger partial charge in [0, 0.05) is 18.1 Å². The van der Waals surface area contributed by atoms with Gasteiger partial charge in [-0.3, -0.25) is 0 Å². The fourth-order valence-electron chi connectivity index (χ4n) is 2.94. The maximum Gasteiger partial charge on any atom is 0.0243 e. The molecule has 0 heterocycles. The number of hydrogen-bond acceptors (Lipinski definition) is 2. The Morgan fingerprint density at radius 1 is 1.00 bits per heavy atom. The van der Waals surface area contributed by atoms with Crippen molar-refractivity contribution in [3.63, 3.8) is 0 Å². The van der Waals surface area contributed by atoms with Gasteiger partial charge in [0.2, 0.25) is 0 Å². The van der Waals surface area contributed by atoms with Crippen LogP contribution in [0.25, 0.3) is 0 Å². The molecule has 1 N–H and O–H groups in total. The van der Waals surface area contributed by atoms with Gasteiger partial charge in [0.1, 0.15) is 0 Å². The second kappa shape index (κ2) is 4.19. The van der Waals surface area contributed by atoms with Crippen molar-refractivity contribution in [2.24, 2.45) is 5.92 Å². The van der Waals surface area contributed by atoms with E-state index < -0.39 is 0 Å². The molecule has 0 saturated heterocycles. The highest BCUT2D eigenvalue weighted by Crippen LogP contribution is 2.30. The summed E-state index contributed by atoms with van der Waals surface area (Å²) in [5.74, 6) is 0.915. The molecule has 0 aliphatic heterocycles. The van der Waals surface area contributed by atoms with Crippen LogP contribution in [0.1, 0.15) is 39.0 Å². The normalized spacial score (nSPS) is 42.9. The minimum absolute atomic E-state index is 0.762. The smallest absolute Gasteiger partial charge is 0.0243 e. The maximum absolute atomic E-state index is 3.85. The van der Waals surface area contributed by atoms with Gasteiger partial charge in [-0.2, -0.15) is 0 Å². The Balaban J connectivity index is 1.84. The lowest BCUT2D eigenvalue weighted by Gasteiger charge is -2.39. The molecule has 4 unspecified atom stereocenters. The van der Waals surface area contributed by atoms with E-state index in [4.69, 9.17) is 0 Å². The van der Waals surface area contributed by atoms with Crippen molar-refractivity contribution in [2.45, 2.75) is 57.2 Å². The summed E-state index contributed by atoms with van der Waals surface area (Å²) >= 11 is 0. The van der Waals surface area contributed by atoms with E-state index in [0.717, 1.165) is 24.0 Å². The minimum Gasteiger partial charge on any atom is -0.309 e. The molecule has 0 aromatic rings. The van der Waals surface area contributed by atoms with Crippen molar-refractivity contribution in [1.29, 1.82) is 0 Å². The minimum atomic E-state index is 0.762. The molecule has 0 aromatic carbocycles. The summed E-state index contributed by atoms with van der Waals surface area (Å²) < 4.78 is 0. The summed E-state index contributed by atoms with van der Waals surface area (Å²) in [5.41, 5.74) is 0. The van der Waals surface area contributed by atoms with Gasteiger partial charge in [0.05, 0.1) is 0 Å². The fourth-order valence-corrected chi connectivity index (χ4v) is 2.94. The van der Waals surface area contributed by atoms with E-state index in [0.29, 0.717) is 0 Å². The average Bonchev–Trinajstić information content (AvgIpc) is 2.59. The molecule has 82 valence electrons. The molecule has 2 nitrogen and oxygen atoms in total. The first-order chi connectivity index (χ1) is 6.68. The molecule has 2 heteroatoms. The average molecular weight is 196 g/mol. The SMILES string of the molecule is CC1CCC1NC1CCCC1N(C)C. The first-order valence-corrected chi connectivity index (χ1v) is 6.11. The Hall–Kier alpha value is -0.0800. The van der Waals surface area contributed by atoms with E-state index in [9.17, 15) is 0 Å². The zero-order chi connectivity index (χ0) is 10.1. The predicted octanol–water partition coefficient (Wildman–Crippen LogP) is 1.86. The third kappa shape index (κ3) is 1.96. The standard InChI is InChI=1S/C12H24N2/c1-9-7-8-10(9)13-11-5-4-6-12(11)14(2)3/h9-13H,4-8H2,1-3H3. The van der Waals surface area contributed by atoms with E-state index in [1.54, 1.807) is 0 Å². The van der Waals surface area contributed by atoms with Crippen molar-refractivity contribution >= 4 is 0 Å². The molecule has 2 saturated carbocycles. The summed E-state index contributed by atoms with van der Waals surface area (Å²) in [6.07, 6.45) is 6.99. The maximum atomic E-state index is 3.85. The van der Waals surface area contributed by atoms with E-state index in [2.05, 4.69) is 31.2 Å². The Morgan fingerprint density at radius 3 is 2.29 bits per heavy atom. The van der Waals surface area contributed by atoms with Crippen molar-refractivity contribution in [3.8, 4) is 0 Å². The molecule has 0 amide bonds. The van der Waals surface area contributed by atoms with E-state index in [1.165, 1.54) is 32.1 Å². The molecular weight excluding hydrogens is 172 g/mol. The quantitative estimate of drug-likeness (QED) is 0.741. The number of nitrogens with zero attached hydrogens (tertiary/aromatic N) is 1. The molecule has 0 aromatic heterocycles. The molecule has 0 bridgehead atoms. The summed E-state index contributed by atoms with van der Waals surface area (Å²) in [4.78, 5) is 2.40. The third-order valence-corrected chi connectivity index (χ3v) is 4.19. The molecule has 4 atom stereocenters. The first-order valence-electron chi connectivity index (χ1n) is 6.11. The molecule has 2 aliphatic rings. The predicted molar refractivity (Wildman–Crippen MR) is 60.4 cm³/mol. The molecular formula is C12H24N2. The van der Waals surface area contributed by atoms with Crippen molar-refractivity contribution < 1.29 is 0 Å². The van der Waals surface area contributed by atoms with Crippen LogP contribution in [-0.4, -0.2) is 37.1 Å². The summed E-state index contributed by atoms with van der Waals surface area (Å²) in [6.45, 7) is 2.38. The van der Waals surface area contributed by atoms with Crippen LogP contribution in [0, 0.1) is 5.92 Å². The number of rotatable bonds is 3. The zero-order valence-corrected chi connectivity index (χ0v) is 9.79. The lowest BCUT2D eigenvalue weighted by Crippen LogP contribution is -2.52. The highest BCUT2D eigenvalue weighted by Gasteiger charge is 2.34. The van der Waals surface area contributed by atoms with Crippen molar-refractivity contribution in [3.05, 3.63) is 0 Å². The molecule has 14 heavy (non-hydrogen) atoms. The van der Waals surface area contributed by atoms with Crippen molar-refractivity contribution in [1.82, 2.24) is 10.2 Å². The van der Waals surface area contributed by atoms with Crippen LogP contribution in [0.2, 0.25) is 0 Å². The van der Waals surface area contributed by atoms with Gasteiger partial charge in [-0.25, -0.2) is 0 Å². The van der Waals surface area contributed by atoms with Gasteiger partial charge in [-0.15, -0.1) is 0 Å². The largest absolute Gasteiger partial charge is 0.309 e. The number of hydrogen-bond donors (Lipinski definition) is 1. The molecule has 0 radical (unpaired) electrons.